The molecule has 0 saturated carbocycles. The van der Waals surface area contributed by atoms with Gasteiger partial charge in [-0.3, -0.25) is 4.79 Å². The van der Waals surface area contributed by atoms with Crippen molar-refractivity contribution in [3.8, 4) is 0 Å². The third-order valence-corrected chi connectivity index (χ3v) is 2.71. The predicted octanol–water partition coefficient (Wildman–Crippen LogP) is -0.567. The first-order chi connectivity index (χ1) is 4.99. The molecule has 0 aromatic rings. The monoisotopic (exact) mass is 175 g/mol. The van der Waals surface area contributed by atoms with E-state index < -0.39 is 9.84 Å². The molecule has 5 heteroatoms. The van der Waals surface area contributed by atoms with E-state index >= 15 is 0 Å². The van der Waals surface area contributed by atoms with E-state index in [4.69, 9.17) is 0 Å². The molecule has 1 aliphatic heterocycles. The number of hydrogen-bond donors (Lipinski definition) is 1. The number of hydrogen-bond acceptors (Lipinski definition) is 3. The van der Waals surface area contributed by atoms with Gasteiger partial charge in [0.1, 0.15) is 0 Å². The smallest absolute Gasteiger partial charge is 0.217 e. The standard InChI is InChI=1S/C6H9NO3S/c1-5(8)7-6-2-3-11(9,10)4-6/h2-3,6H,4H2,1H3,(H,7,8)/t6-/m1/s1. The predicted molar refractivity (Wildman–Crippen MR) is 40.5 cm³/mol. The van der Waals surface area contributed by atoms with E-state index in [2.05, 4.69) is 5.32 Å². The van der Waals surface area contributed by atoms with E-state index in [1.165, 1.54) is 13.0 Å². The van der Waals surface area contributed by atoms with E-state index in [9.17, 15) is 13.2 Å². The molecule has 1 heterocycles. The molecule has 0 bridgehead atoms. The fourth-order valence-electron chi connectivity index (χ4n) is 0.927. The van der Waals surface area contributed by atoms with Gasteiger partial charge in [0.05, 0.1) is 11.8 Å². The van der Waals surface area contributed by atoms with Crippen LogP contribution in [0.25, 0.3) is 0 Å². The van der Waals surface area contributed by atoms with Gasteiger partial charge in [-0.25, -0.2) is 8.42 Å². The van der Waals surface area contributed by atoms with Crippen LogP contribution in [0.5, 0.6) is 0 Å². The highest BCUT2D eigenvalue weighted by atomic mass is 32.2. The summed E-state index contributed by atoms with van der Waals surface area (Å²) >= 11 is 0. The van der Waals surface area contributed by atoms with E-state index in [0.717, 1.165) is 5.41 Å². The fraction of sp³-hybridized carbons (Fsp3) is 0.500. The van der Waals surface area contributed by atoms with Crippen molar-refractivity contribution in [2.45, 2.75) is 13.0 Å². The van der Waals surface area contributed by atoms with Gasteiger partial charge in [-0.05, 0) is 6.08 Å². The molecule has 0 aliphatic carbocycles. The maximum absolute atomic E-state index is 10.8. The van der Waals surface area contributed by atoms with Crippen LogP contribution in [0.4, 0.5) is 0 Å². The summed E-state index contributed by atoms with van der Waals surface area (Å²) in [5.74, 6) is -0.219. The molecule has 0 aromatic carbocycles. The zero-order chi connectivity index (χ0) is 8.48. The summed E-state index contributed by atoms with van der Waals surface area (Å²) < 4.78 is 21.6. The Balaban J connectivity index is 2.58. The summed E-state index contributed by atoms with van der Waals surface area (Å²) in [5.41, 5.74) is 0. The van der Waals surface area contributed by atoms with Crippen LogP contribution in [0, 0.1) is 0 Å². The van der Waals surface area contributed by atoms with Gasteiger partial charge < -0.3 is 5.32 Å². The van der Waals surface area contributed by atoms with E-state index in [1.807, 2.05) is 0 Å². The molecule has 0 spiro atoms. The Kier molecular flexibility index (Phi) is 1.99. The second-order valence-corrected chi connectivity index (χ2v) is 4.40. The van der Waals surface area contributed by atoms with Gasteiger partial charge in [-0.15, -0.1) is 0 Å². The van der Waals surface area contributed by atoms with Crippen molar-refractivity contribution in [2.75, 3.05) is 5.75 Å². The van der Waals surface area contributed by atoms with Crippen molar-refractivity contribution >= 4 is 15.7 Å². The Morgan fingerprint density at radius 3 is 2.64 bits per heavy atom. The maximum atomic E-state index is 10.8. The molecule has 1 N–H and O–H groups in total. The van der Waals surface area contributed by atoms with Crippen LogP contribution in [0.15, 0.2) is 11.5 Å². The molecule has 1 aliphatic rings. The van der Waals surface area contributed by atoms with Crippen molar-refractivity contribution in [3.05, 3.63) is 11.5 Å². The molecular weight excluding hydrogens is 166 g/mol. The summed E-state index contributed by atoms with van der Waals surface area (Å²) in [4.78, 5) is 10.5. The lowest BCUT2D eigenvalue weighted by Gasteiger charge is -2.05. The van der Waals surface area contributed by atoms with Crippen LogP contribution >= 0.6 is 0 Å². The van der Waals surface area contributed by atoms with Gasteiger partial charge in [-0.1, -0.05) is 0 Å². The van der Waals surface area contributed by atoms with E-state index in [0.29, 0.717) is 0 Å². The molecule has 0 unspecified atom stereocenters. The van der Waals surface area contributed by atoms with E-state index in [1.54, 1.807) is 0 Å². The second-order valence-electron chi connectivity index (χ2n) is 2.47. The van der Waals surface area contributed by atoms with Crippen molar-refractivity contribution in [2.24, 2.45) is 0 Å². The van der Waals surface area contributed by atoms with Crippen molar-refractivity contribution < 1.29 is 13.2 Å². The maximum Gasteiger partial charge on any atom is 0.217 e. The highest BCUT2D eigenvalue weighted by Crippen LogP contribution is 2.07. The largest absolute Gasteiger partial charge is 0.349 e. The lowest BCUT2D eigenvalue weighted by molar-refractivity contribution is -0.119. The van der Waals surface area contributed by atoms with Crippen LogP contribution in [-0.4, -0.2) is 26.1 Å². The minimum atomic E-state index is -3.04. The molecule has 4 nitrogen and oxygen atoms in total. The molecule has 1 amide bonds. The quantitative estimate of drug-likeness (QED) is 0.580. The number of sulfone groups is 1. The van der Waals surface area contributed by atoms with Crippen LogP contribution in [0.3, 0.4) is 0 Å². The van der Waals surface area contributed by atoms with Crippen molar-refractivity contribution in [3.63, 3.8) is 0 Å². The summed E-state index contributed by atoms with van der Waals surface area (Å²) in [5, 5.41) is 3.62. The van der Waals surface area contributed by atoms with Gasteiger partial charge in [0, 0.05) is 12.3 Å². The topological polar surface area (TPSA) is 63.2 Å². The lowest BCUT2D eigenvalue weighted by atomic mass is 10.3. The number of amides is 1. The van der Waals surface area contributed by atoms with Gasteiger partial charge in [0.25, 0.3) is 0 Å². The molecular formula is C6H9NO3S. The molecule has 1 atom stereocenters. The van der Waals surface area contributed by atoms with Gasteiger partial charge in [-0.2, -0.15) is 0 Å². The van der Waals surface area contributed by atoms with Crippen molar-refractivity contribution in [1.29, 1.82) is 0 Å². The summed E-state index contributed by atoms with van der Waals surface area (Å²) in [6, 6.07) is -0.336. The Bertz CT molecular complexity index is 291. The first-order valence-corrected chi connectivity index (χ1v) is 4.89. The zero-order valence-electron chi connectivity index (χ0n) is 6.07. The average molecular weight is 175 g/mol. The normalized spacial score (nSPS) is 26.8. The molecule has 0 fully saturated rings. The minimum Gasteiger partial charge on any atom is -0.349 e. The number of carbonyl (C=O) groups is 1. The first kappa shape index (κ1) is 8.26. The minimum absolute atomic E-state index is 0.00736. The summed E-state index contributed by atoms with van der Waals surface area (Å²) in [6.45, 7) is 1.36. The third-order valence-electron chi connectivity index (χ3n) is 1.32. The third kappa shape index (κ3) is 2.34. The molecule has 62 valence electrons. The zero-order valence-corrected chi connectivity index (χ0v) is 6.89. The fourth-order valence-corrected chi connectivity index (χ4v) is 2.16. The van der Waals surface area contributed by atoms with Crippen LogP contribution in [0.1, 0.15) is 6.92 Å². The number of rotatable bonds is 1. The van der Waals surface area contributed by atoms with Crippen molar-refractivity contribution in [1.82, 2.24) is 5.32 Å². The molecule has 0 saturated heterocycles. The van der Waals surface area contributed by atoms with E-state index in [-0.39, 0.29) is 17.7 Å². The van der Waals surface area contributed by atoms with Gasteiger partial charge in [0.15, 0.2) is 9.84 Å². The molecule has 1 rings (SSSR count). The summed E-state index contributed by atoms with van der Waals surface area (Å²) in [6.07, 6.45) is 1.48. The highest BCUT2D eigenvalue weighted by Gasteiger charge is 2.21. The van der Waals surface area contributed by atoms with Crippen LogP contribution in [-0.2, 0) is 14.6 Å². The molecule has 11 heavy (non-hydrogen) atoms. The van der Waals surface area contributed by atoms with Crippen LogP contribution in [0.2, 0.25) is 0 Å². The second kappa shape index (κ2) is 2.65. The van der Waals surface area contributed by atoms with Gasteiger partial charge in [0.2, 0.25) is 5.91 Å². The first-order valence-electron chi connectivity index (χ1n) is 3.18. The summed E-state index contributed by atoms with van der Waals surface area (Å²) in [7, 11) is -3.04. The average Bonchev–Trinajstić information content (AvgIpc) is 2.08. The Morgan fingerprint density at radius 2 is 2.27 bits per heavy atom. The number of carbonyl (C=O) groups excluding carboxylic acids is 1. The SMILES string of the molecule is CC(=O)N[C@@H]1C=CS(=O)(=O)C1. The lowest BCUT2D eigenvalue weighted by Crippen LogP contribution is -2.33. The Hall–Kier alpha value is -0.840. The number of nitrogens with one attached hydrogen (secondary N) is 1. The van der Waals surface area contributed by atoms with Gasteiger partial charge >= 0.3 is 0 Å². The highest BCUT2D eigenvalue weighted by molar-refractivity contribution is 7.94. The molecule has 0 radical (unpaired) electrons. The molecule has 0 aromatic heterocycles. The van der Waals surface area contributed by atoms with Crippen LogP contribution < -0.4 is 5.32 Å². The Labute approximate surface area is 65.2 Å². The Morgan fingerprint density at radius 1 is 1.64 bits per heavy atom.